The molecular weight excluding hydrogens is 250 g/mol. The van der Waals surface area contributed by atoms with Crippen LogP contribution in [0, 0.1) is 5.41 Å². The second kappa shape index (κ2) is 6.18. The molecule has 2 aromatic rings. The summed E-state index contributed by atoms with van der Waals surface area (Å²) < 4.78 is 5.34. The van der Waals surface area contributed by atoms with Crippen molar-refractivity contribution in [2.45, 2.75) is 40.2 Å². The lowest BCUT2D eigenvalue weighted by molar-refractivity contribution is 0.305. The third-order valence-corrected chi connectivity index (χ3v) is 3.00. The molecule has 1 aromatic heterocycles. The molecule has 1 unspecified atom stereocenters. The molecule has 0 aliphatic rings. The van der Waals surface area contributed by atoms with Gasteiger partial charge in [-0.05, 0) is 17.9 Å². The zero-order chi connectivity index (χ0) is 14.6. The fourth-order valence-electron chi connectivity index (χ4n) is 1.84. The van der Waals surface area contributed by atoms with Crippen molar-refractivity contribution in [3.63, 3.8) is 0 Å². The minimum absolute atomic E-state index is 0.0752. The largest absolute Gasteiger partial charge is 0.338 e. The summed E-state index contributed by atoms with van der Waals surface area (Å²) in [5.74, 6) is 1.38. The summed E-state index contributed by atoms with van der Waals surface area (Å²) in [6.07, 6.45) is 0.705. The minimum Gasteiger partial charge on any atom is -0.338 e. The highest BCUT2D eigenvalue weighted by Crippen LogP contribution is 2.16. The van der Waals surface area contributed by atoms with Gasteiger partial charge in [0.05, 0.1) is 6.04 Å². The van der Waals surface area contributed by atoms with Crippen LogP contribution in [0.5, 0.6) is 0 Å². The molecule has 0 saturated heterocycles. The number of hydrogen-bond donors (Lipinski definition) is 1. The Bertz CT molecular complexity index is 528. The van der Waals surface area contributed by atoms with Crippen LogP contribution in [0.4, 0.5) is 0 Å². The Kier molecular flexibility index (Phi) is 4.55. The maximum atomic E-state index is 5.34. The summed E-state index contributed by atoms with van der Waals surface area (Å²) in [6, 6.07) is 10.2. The summed E-state index contributed by atoms with van der Waals surface area (Å²) in [5.41, 5.74) is 1.43. The second-order valence-electron chi connectivity index (χ2n) is 6.37. The molecule has 1 atom stereocenters. The first kappa shape index (κ1) is 14.7. The average Bonchev–Trinajstić information content (AvgIpc) is 2.85. The lowest BCUT2D eigenvalue weighted by Gasteiger charge is -2.20. The Hall–Kier alpha value is -1.68. The number of benzene rings is 1. The SMILES string of the molecule is CC(NCC(C)(C)C)c1nc(Cc2ccccc2)no1. The first-order valence-corrected chi connectivity index (χ1v) is 7.04. The van der Waals surface area contributed by atoms with Crippen LogP contribution >= 0.6 is 0 Å². The molecule has 1 aromatic carbocycles. The van der Waals surface area contributed by atoms with Crippen LogP contribution < -0.4 is 5.32 Å². The van der Waals surface area contributed by atoms with Gasteiger partial charge in [-0.25, -0.2) is 0 Å². The fraction of sp³-hybridized carbons (Fsp3) is 0.500. The number of nitrogens with one attached hydrogen (secondary N) is 1. The zero-order valence-corrected chi connectivity index (χ0v) is 12.7. The van der Waals surface area contributed by atoms with Crippen molar-refractivity contribution in [2.24, 2.45) is 5.41 Å². The first-order valence-electron chi connectivity index (χ1n) is 7.04. The van der Waals surface area contributed by atoms with E-state index in [1.165, 1.54) is 5.56 Å². The Morgan fingerprint density at radius 3 is 2.55 bits per heavy atom. The van der Waals surface area contributed by atoms with E-state index in [1.54, 1.807) is 0 Å². The van der Waals surface area contributed by atoms with Gasteiger partial charge in [-0.3, -0.25) is 0 Å². The summed E-state index contributed by atoms with van der Waals surface area (Å²) in [6.45, 7) is 9.54. The number of nitrogens with zero attached hydrogens (tertiary/aromatic N) is 2. The molecule has 0 bridgehead atoms. The molecule has 0 fully saturated rings. The molecule has 0 saturated carbocycles. The monoisotopic (exact) mass is 273 g/mol. The molecule has 108 valence electrons. The average molecular weight is 273 g/mol. The van der Waals surface area contributed by atoms with Crippen molar-refractivity contribution < 1.29 is 4.52 Å². The van der Waals surface area contributed by atoms with Gasteiger partial charge in [0.1, 0.15) is 0 Å². The van der Waals surface area contributed by atoms with Crippen molar-refractivity contribution >= 4 is 0 Å². The van der Waals surface area contributed by atoms with Crippen molar-refractivity contribution in [3.8, 4) is 0 Å². The smallest absolute Gasteiger partial charge is 0.243 e. The maximum Gasteiger partial charge on any atom is 0.243 e. The van der Waals surface area contributed by atoms with Gasteiger partial charge in [0.2, 0.25) is 5.89 Å². The summed E-state index contributed by atoms with van der Waals surface area (Å²) in [7, 11) is 0. The third-order valence-electron chi connectivity index (χ3n) is 3.00. The highest BCUT2D eigenvalue weighted by atomic mass is 16.5. The molecule has 1 heterocycles. The van der Waals surface area contributed by atoms with Crippen molar-refractivity contribution in [3.05, 3.63) is 47.6 Å². The Morgan fingerprint density at radius 1 is 1.20 bits per heavy atom. The van der Waals surface area contributed by atoms with Gasteiger partial charge < -0.3 is 9.84 Å². The minimum atomic E-state index is 0.0752. The number of hydrogen-bond acceptors (Lipinski definition) is 4. The molecule has 0 spiro atoms. The van der Waals surface area contributed by atoms with E-state index in [4.69, 9.17) is 4.52 Å². The predicted molar refractivity (Wildman–Crippen MR) is 79.4 cm³/mol. The van der Waals surface area contributed by atoms with E-state index >= 15 is 0 Å². The van der Waals surface area contributed by atoms with Gasteiger partial charge in [0.25, 0.3) is 0 Å². The van der Waals surface area contributed by atoms with Gasteiger partial charge in [0.15, 0.2) is 5.82 Å². The van der Waals surface area contributed by atoms with Crippen LogP contribution in [0.25, 0.3) is 0 Å². The number of rotatable bonds is 5. The summed E-state index contributed by atoms with van der Waals surface area (Å²) >= 11 is 0. The molecule has 0 aliphatic heterocycles. The molecule has 20 heavy (non-hydrogen) atoms. The molecule has 1 N–H and O–H groups in total. The molecule has 4 nitrogen and oxygen atoms in total. The van der Waals surface area contributed by atoms with Crippen LogP contribution in [0.1, 0.15) is 51.0 Å². The van der Waals surface area contributed by atoms with E-state index < -0.39 is 0 Å². The first-order chi connectivity index (χ1) is 9.44. The van der Waals surface area contributed by atoms with E-state index in [1.807, 2.05) is 25.1 Å². The van der Waals surface area contributed by atoms with E-state index in [0.717, 1.165) is 12.4 Å². The summed E-state index contributed by atoms with van der Waals surface area (Å²) in [5, 5.41) is 7.47. The third kappa shape index (κ3) is 4.46. The van der Waals surface area contributed by atoms with E-state index in [-0.39, 0.29) is 11.5 Å². The van der Waals surface area contributed by atoms with Crippen LogP contribution in [-0.2, 0) is 6.42 Å². The molecule has 0 radical (unpaired) electrons. The predicted octanol–water partition coefficient (Wildman–Crippen LogP) is 3.36. The molecule has 2 rings (SSSR count). The van der Waals surface area contributed by atoms with Crippen molar-refractivity contribution in [2.75, 3.05) is 6.54 Å². The van der Waals surface area contributed by atoms with Gasteiger partial charge in [0, 0.05) is 13.0 Å². The topological polar surface area (TPSA) is 51.0 Å². The number of aromatic nitrogens is 2. The van der Waals surface area contributed by atoms with Gasteiger partial charge in [-0.1, -0.05) is 56.3 Å². The van der Waals surface area contributed by atoms with Crippen LogP contribution in [0.2, 0.25) is 0 Å². The lowest BCUT2D eigenvalue weighted by Crippen LogP contribution is -2.29. The van der Waals surface area contributed by atoms with Crippen molar-refractivity contribution in [1.29, 1.82) is 0 Å². The lowest BCUT2D eigenvalue weighted by atomic mass is 9.96. The van der Waals surface area contributed by atoms with Gasteiger partial charge >= 0.3 is 0 Å². The van der Waals surface area contributed by atoms with Crippen LogP contribution in [-0.4, -0.2) is 16.7 Å². The normalized spacial score (nSPS) is 13.4. The van der Waals surface area contributed by atoms with E-state index in [0.29, 0.717) is 12.3 Å². The van der Waals surface area contributed by atoms with Crippen molar-refractivity contribution in [1.82, 2.24) is 15.5 Å². The standard InChI is InChI=1S/C16H23N3O/c1-12(17-11-16(2,3)4)15-18-14(19-20-15)10-13-8-6-5-7-9-13/h5-9,12,17H,10-11H2,1-4H3. The Labute approximate surface area is 120 Å². The highest BCUT2D eigenvalue weighted by Gasteiger charge is 2.17. The van der Waals surface area contributed by atoms with Crippen LogP contribution in [0.3, 0.4) is 0 Å². The maximum absolute atomic E-state index is 5.34. The van der Waals surface area contributed by atoms with Gasteiger partial charge in [-0.2, -0.15) is 4.98 Å². The quantitative estimate of drug-likeness (QED) is 0.907. The van der Waals surface area contributed by atoms with Crippen LogP contribution in [0.15, 0.2) is 34.9 Å². The molecular formula is C16H23N3O. The Balaban J connectivity index is 1.95. The fourth-order valence-corrected chi connectivity index (χ4v) is 1.84. The zero-order valence-electron chi connectivity index (χ0n) is 12.7. The second-order valence-corrected chi connectivity index (χ2v) is 6.37. The highest BCUT2D eigenvalue weighted by molar-refractivity contribution is 5.18. The Morgan fingerprint density at radius 2 is 1.90 bits per heavy atom. The van der Waals surface area contributed by atoms with E-state index in [2.05, 4.69) is 48.4 Å². The molecule has 0 aliphatic carbocycles. The molecule has 4 heteroatoms. The summed E-state index contributed by atoms with van der Waals surface area (Å²) in [4.78, 5) is 4.47. The van der Waals surface area contributed by atoms with Gasteiger partial charge in [-0.15, -0.1) is 0 Å². The molecule has 0 amide bonds. The van der Waals surface area contributed by atoms with E-state index in [9.17, 15) is 0 Å².